The van der Waals surface area contributed by atoms with Crippen LogP contribution in [0.1, 0.15) is 39.5 Å². The molecule has 1 N–H and O–H groups in total. The average Bonchev–Trinajstić information content (AvgIpc) is 2.26. The Balaban J connectivity index is 2.21. The zero-order valence-corrected chi connectivity index (χ0v) is 10.1. The van der Waals surface area contributed by atoms with E-state index in [0.29, 0.717) is 0 Å². The lowest BCUT2D eigenvalue weighted by atomic mass is 9.86. The maximum atomic E-state index is 3.39. The van der Waals surface area contributed by atoms with Crippen molar-refractivity contribution >= 4 is 0 Å². The highest BCUT2D eigenvalue weighted by molar-refractivity contribution is 4.77. The van der Waals surface area contributed by atoms with Crippen molar-refractivity contribution in [1.29, 1.82) is 0 Å². The summed E-state index contributed by atoms with van der Waals surface area (Å²) < 4.78 is 0. The van der Waals surface area contributed by atoms with E-state index in [2.05, 4.69) is 31.1 Å². The summed E-state index contributed by atoms with van der Waals surface area (Å²) in [5, 5.41) is 3.39. The summed E-state index contributed by atoms with van der Waals surface area (Å²) in [5.74, 6) is 0.958. The standard InChI is InChI=1S/C12H26N2/c1-4-14(5-2)10-11-6-8-12(13-3)9-7-11/h11-13H,4-10H2,1-3H3. The van der Waals surface area contributed by atoms with Crippen molar-refractivity contribution in [2.24, 2.45) is 5.92 Å². The number of nitrogens with zero attached hydrogens (tertiary/aromatic N) is 1. The Morgan fingerprint density at radius 1 is 1.07 bits per heavy atom. The molecule has 1 saturated carbocycles. The lowest BCUT2D eigenvalue weighted by Gasteiger charge is -2.31. The molecule has 0 radical (unpaired) electrons. The highest BCUT2D eigenvalue weighted by atomic mass is 15.1. The van der Waals surface area contributed by atoms with Crippen molar-refractivity contribution in [2.45, 2.75) is 45.6 Å². The summed E-state index contributed by atoms with van der Waals surface area (Å²) >= 11 is 0. The molecule has 0 aromatic rings. The zero-order chi connectivity index (χ0) is 10.4. The molecule has 0 aromatic heterocycles. The third kappa shape index (κ3) is 3.58. The molecule has 0 unspecified atom stereocenters. The molecule has 2 heteroatoms. The van der Waals surface area contributed by atoms with Crippen LogP contribution in [0.15, 0.2) is 0 Å². The third-order valence-corrected chi connectivity index (χ3v) is 3.67. The van der Waals surface area contributed by atoms with Crippen molar-refractivity contribution < 1.29 is 0 Å². The van der Waals surface area contributed by atoms with Crippen molar-refractivity contribution in [3.63, 3.8) is 0 Å². The summed E-state index contributed by atoms with van der Waals surface area (Å²) in [4.78, 5) is 2.56. The fourth-order valence-electron chi connectivity index (χ4n) is 2.48. The van der Waals surface area contributed by atoms with Crippen LogP contribution >= 0.6 is 0 Å². The third-order valence-electron chi connectivity index (χ3n) is 3.67. The van der Waals surface area contributed by atoms with Crippen LogP contribution in [0.3, 0.4) is 0 Å². The van der Waals surface area contributed by atoms with E-state index in [0.717, 1.165) is 12.0 Å². The maximum Gasteiger partial charge on any atom is 0.00642 e. The predicted molar refractivity (Wildman–Crippen MR) is 62.6 cm³/mol. The van der Waals surface area contributed by atoms with Crippen LogP contribution in [0.5, 0.6) is 0 Å². The average molecular weight is 198 g/mol. The van der Waals surface area contributed by atoms with Gasteiger partial charge in [0.05, 0.1) is 0 Å². The Hall–Kier alpha value is -0.0800. The predicted octanol–water partition coefficient (Wildman–Crippen LogP) is 2.11. The van der Waals surface area contributed by atoms with Gasteiger partial charge >= 0.3 is 0 Å². The van der Waals surface area contributed by atoms with Gasteiger partial charge in [-0.2, -0.15) is 0 Å². The molecule has 1 fully saturated rings. The van der Waals surface area contributed by atoms with E-state index in [-0.39, 0.29) is 0 Å². The van der Waals surface area contributed by atoms with Gasteiger partial charge in [0.2, 0.25) is 0 Å². The second-order valence-corrected chi connectivity index (χ2v) is 4.49. The molecule has 2 nitrogen and oxygen atoms in total. The number of hydrogen-bond acceptors (Lipinski definition) is 2. The number of hydrogen-bond donors (Lipinski definition) is 1. The van der Waals surface area contributed by atoms with E-state index in [1.54, 1.807) is 0 Å². The van der Waals surface area contributed by atoms with Crippen LogP contribution < -0.4 is 5.32 Å². The highest BCUT2D eigenvalue weighted by Gasteiger charge is 2.20. The lowest BCUT2D eigenvalue weighted by molar-refractivity contribution is 0.202. The van der Waals surface area contributed by atoms with E-state index in [1.165, 1.54) is 45.3 Å². The Labute approximate surface area is 89.1 Å². The molecule has 0 saturated heterocycles. The van der Waals surface area contributed by atoms with Gasteiger partial charge in [-0.05, 0) is 51.7 Å². The SMILES string of the molecule is CCN(CC)CC1CCC(NC)CC1. The van der Waals surface area contributed by atoms with Crippen LogP contribution in [0.2, 0.25) is 0 Å². The first kappa shape index (κ1) is 12.0. The molecule has 1 aliphatic carbocycles. The van der Waals surface area contributed by atoms with E-state index in [4.69, 9.17) is 0 Å². The first-order valence-electron chi connectivity index (χ1n) is 6.19. The monoisotopic (exact) mass is 198 g/mol. The normalized spacial score (nSPS) is 28.3. The molecule has 0 atom stereocenters. The molecule has 0 amide bonds. The van der Waals surface area contributed by atoms with Gasteiger partial charge < -0.3 is 10.2 Å². The Morgan fingerprint density at radius 2 is 1.64 bits per heavy atom. The van der Waals surface area contributed by atoms with Gasteiger partial charge in [0.25, 0.3) is 0 Å². The minimum Gasteiger partial charge on any atom is -0.317 e. The first-order valence-corrected chi connectivity index (χ1v) is 6.19. The molecule has 0 heterocycles. The van der Waals surface area contributed by atoms with Crippen molar-refractivity contribution in [1.82, 2.24) is 10.2 Å². The Kier molecular flexibility index (Phi) is 5.49. The van der Waals surface area contributed by atoms with E-state index >= 15 is 0 Å². The Morgan fingerprint density at radius 3 is 2.07 bits per heavy atom. The fraction of sp³-hybridized carbons (Fsp3) is 1.00. The molecular formula is C12H26N2. The minimum atomic E-state index is 0.794. The first-order chi connectivity index (χ1) is 6.80. The van der Waals surface area contributed by atoms with Crippen molar-refractivity contribution in [3.05, 3.63) is 0 Å². The summed E-state index contributed by atoms with van der Waals surface area (Å²) in [5.41, 5.74) is 0. The molecule has 14 heavy (non-hydrogen) atoms. The van der Waals surface area contributed by atoms with Crippen LogP contribution in [0.4, 0.5) is 0 Å². The molecule has 84 valence electrons. The summed E-state index contributed by atoms with van der Waals surface area (Å²) in [6.45, 7) is 8.28. The van der Waals surface area contributed by atoms with E-state index in [9.17, 15) is 0 Å². The van der Waals surface area contributed by atoms with E-state index in [1.807, 2.05) is 0 Å². The van der Waals surface area contributed by atoms with Crippen LogP contribution in [-0.2, 0) is 0 Å². The van der Waals surface area contributed by atoms with Gasteiger partial charge in [-0.25, -0.2) is 0 Å². The van der Waals surface area contributed by atoms with Gasteiger partial charge in [-0.15, -0.1) is 0 Å². The van der Waals surface area contributed by atoms with Crippen molar-refractivity contribution in [3.8, 4) is 0 Å². The molecule has 1 aliphatic rings. The second kappa shape index (κ2) is 6.41. The smallest absolute Gasteiger partial charge is 0.00642 e. The molecule has 0 aromatic carbocycles. The van der Waals surface area contributed by atoms with Crippen LogP contribution in [0.25, 0.3) is 0 Å². The van der Waals surface area contributed by atoms with Gasteiger partial charge in [-0.3, -0.25) is 0 Å². The van der Waals surface area contributed by atoms with Crippen LogP contribution in [-0.4, -0.2) is 37.6 Å². The van der Waals surface area contributed by atoms with Crippen molar-refractivity contribution in [2.75, 3.05) is 26.7 Å². The Bertz CT molecular complexity index is 135. The summed E-state index contributed by atoms with van der Waals surface area (Å²) in [6, 6.07) is 0.794. The van der Waals surface area contributed by atoms with Gasteiger partial charge in [0, 0.05) is 12.6 Å². The molecule has 0 spiro atoms. The summed E-state index contributed by atoms with van der Waals surface area (Å²) in [6.07, 6.45) is 5.59. The largest absolute Gasteiger partial charge is 0.317 e. The second-order valence-electron chi connectivity index (χ2n) is 4.49. The molecule has 0 aliphatic heterocycles. The van der Waals surface area contributed by atoms with Gasteiger partial charge in [0.15, 0.2) is 0 Å². The van der Waals surface area contributed by atoms with Gasteiger partial charge in [-0.1, -0.05) is 13.8 Å². The molecule has 1 rings (SSSR count). The van der Waals surface area contributed by atoms with E-state index < -0.39 is 0 Å². The van der Waals surface area contributed by atoms with Gasteiger partial charge in [0.1, 0.15) is 0 Å². The lowest BCUT2D eigenvalue weighted by Crippen LogP contribution is -2.35. The summed E-state index contributed by atoms with van der Waals surface area (Å²) in [7, 11) is 2.09. The zero-order valence-electron chi connectivity index (χ0n) is 10.1. The topological polar surface area (TPSA) is 15.3 Å². The van der Waals surface area contributed by atoms with Crippen LogP contribution in [0, 0.1) is 5.92 Å². The minimum absolute atomic E-state index is 0.794. The molecule has 0 bridgehead atoms. The maximum absolute atomic E-state index is 3.39. The molecular weight excluding hydrogens is 172 g/mol. The fourth-order valence-corrected chi connectivity index (χ4v) is 2.48. The number of rotatable bonds is 5. The quantitative estimate of drug-likeness (QED) is 0.728. The number of nitrogens with one attached hydrogen (secondary N) is 1. The highest BCUT2D eigenvalue weighted by Crippen LogP contribution is 2.24.